The third-order valence-electron chi connectivity index (χ3n) is 4.00. The lowest BCUT2D eigenvalue weighted by molar-refractivity contribution is 0.387. The fourth-order valence-corrected chi connectivity index (χ4v) is 3.70. The fourth-order valence-electron chi connectivity index (χ4n) is 2.80. The van der Waals surface area contributed by atoms with Crippen molar-refractivity contribution in [1.29, 1.82) is 0 Å². The maximum atomic E-state index is 12.9. The summed E-state index contributed by atoms with van der Waals surface area (Å²) in [6.07, 6.45) is 0. The van der Waals surface area contributed by atoms with Gasteiger partial charge in [-0.05, 0) is 36.8 Å². The number of rotatable bonds is 4. The Hall–Kier alpha value is -2.67. The van der Waals surface area contributed by atoms with Crippen molar-refractivity contribution in [2.45, 2.75) is 31.3 Å². The number of fused-ring (bicyclic) bond motifs is 2. The molecule has 0 aliphatic rings. The summed E-state index contributed by atoms with van der Waals surface area (Å²) in [6.45, 7) is 4.27. The van der Waals surface area contributed by atoms with Gasteiger partial charge in [0.25, 0.3) is 5.56 Å². The molecule has 0 aliphatic carbocycles. The van der Waals surface area contributed by atoms with Gasteiger partial charge >= 0.3 is 0 Å². The highest BCUT2D eigenvalue weighted by atomic mass is 32.2. The molecule has 4 aromatic rings. The van der Waals surface area contributed by atoms with Crippen molar-refractivity contribution in [2.24, 2.45) is 0 Å². The van der Waals surface area contributed by atoms with Gasteiger partial charge in [0.05, 0.1) is 16.7 Å². The Morgan fingerprint density at radius 2 is 1.92 bits per heavy atom. The third kappa shape index (κ3) is 2.91. The Labute approximate surface area is 147 Å². The Morgan fingerprint density at radius 1 is 1.16 bits per heavy atom. The van der Waals surface area contributed by atoms with Crippen LogP contribution in [0.5, 0.6) is 0 Å². The molecule has 0 atom stereocenters. The molecule has 4 rings (SSSR count). The van der Waals surface area contributed by atoms with E-state index in [2.05, 4.69) is 10.1 Å². The topological polar surface area (TPSA) is 73.8 Å². The van der Waals surface area contributed by atoms with Gasteiger partial charge in [0.1, 0.15) is 0 Å². The van der Waals surface area contributed by atoms with Gasteiger partial charge in [-0.15, -0.1) is 0 Å². The molecule has 0 aliphatic heterocycles. The van der Waals surface area contributed by atoms with Crippen LogP contribution < -0.4 is 5.56 Å². The van der Waals surface area contributed by atoms with E-state index in [1.165, 1.54) is 11.8 Å². The maximum absolute atomic E-state index is 12.9. The largest absolute Gasteiger partial charge is 0.338 e. The van der Waals surface area contributed by atoms with Crippen molar-refractivity contribution in [2.75, 3.05) is 0 Å². The summed E-state index contributed by atoms with van der Waals surface area (Å²) in [6, 6.07) is 11.9. The van der Waals surface area contributed by atoms with Gasteiger partial charge in [-0.1, -0.05) is 41.2 Å². The van der Waals surface area contributed by atoms with Crippen LogP contribution >= 0.6 is 11.8 Å². The van der Waals surface area contributed by atoms with Crippen molar-refractivity contribution >= 4 is 33.4 Å². The van der Waals surface area contributed by atoms with E-state index in [-0.39, 0.29) is 5.56 Å². The van der Waals surface area contributed by atoms with Crippen LogP contribution in [0, 0.1) is 6.92 Å². The molecule has 0 fully saturated rings. The minimum atomic E-state index is -0.0255. The summed E-state index contributed by atoms with van der Waals surface area (Å²) in [5, 5.41) is 7.19. The smallest absolute Gasteiger partial charge is 0.262 e. The molecule has 0 unspecified atom stereocenters. The second-order valence-electron chi connectivity index (χ2n) is 5.68. The zero-order valence-corrected chi connectivity index (χ0v) is 14.7. The molecule has 2 aromatic carbocycles. The lowest BCUT2D eigenvalue weighted by atomic mass is 10.1. The van der Waals surface area contributed by atoms with E-state index in [0.29, 0.717) is 40.1 Å². The average Bonchev–Trinajstić information content (AvgIpc) is 3.04. The molecule has 7 heteroatoms. The molecule has 6 nitrogen and oxygen atoms in total. The lowest BCUT2D eigenvalue weighted by Gasteiger charge is -2.11. The van der Waals surface area contributed by atoms with E-state index in [4.69, 9.17) is 9.51 Å². The third-order valence-corrected chi connectivity index (χ3v) is 4.96. The number of aryl methyl sites for hydroxylation is 1. The van der Waals surface area contributed by atoms with Crippen LogP contribution in [0.15, 0.2) is 50.9 Å². The minimum Gasteiger partial charge on any atom is -0.338 e. The minimum absolute atomic E-state index is 0.0255. The molecule has 0 amide bonds. The van der Waals surface area contributed by atoms with Crippen LogP contribution in [0.3, 0.4) is 0 Å². The molecule has 25 heavy (non-hydrogen) atoms. The van der Waals surface area contributed by atoms with E-state index in [1.807, 2.05) is 43.3 Å². The molecule has 0 saturated heterocycles. The van der Waals surface area contributed by atoms with Crippen LogP contribution in [0.2, 0.25) is 0 Å². The van der Waals surface area contributed by atoms with Gasteiger partial charge in [-0.3, -0.25) is 9.36 Å². The monoisotopic (exact) mass is 352 g/mol. The van der Waals surface area contributed by atoms with Gasteiger partial charge in [0.15, 0.2) is 11.0 Å². The molecule has 0 bridgehead atoms. The first-order chi connectivity index (χ1) is 12.2. The highest BCUT2D eigenvalue weighted by Crippen LogP contribution is 2.24. The standard InChI is InChI=1S/C18H16N4O2S/c1-3-22-17(23)14-8-12-6-4-5-7-13(12)9-15(14)20-18(22)25-10-16-19-11(2)21-24-16/h4-9H,3,10H2,1-2H3. The predicted octanol–water partition coefficient (Wildman–Crippen LogP) is 3.55. The lowest BCUT2D eigenvalue weighted by Crippen LogP contribution is -2.22. The number of nitrogens with zero attached hydrogens (tertiary/aromatic N) is 4. The van der Waals surface area contributed by atoms with Crippen molar-refractivity contribution in [1.82, 2.24) is 19.7 Å². The van der Waals surface area contributed by atoms with E-state index < -0.39 is 0 Å². The maximum Gasteiger partial charge on any atom is 0.262 e. The van der Waals surface area contributed by atoms with Crippen LogP contribution in [0.25, 0.3) is 21.7 Å². The normalized spacial score (nSPS) is 11.4. The molecule has 0 spiro atoms. The Kier molecular flexibility index (Phi) is 4.01. The number of thioether (sulfide) groups is 1. The molecule has 0 N–H and O–H groups in total. The van der Waals surface area contributed by atoms with Crippen molar-refractivity contribution in [3.63, 3.8) is 0 Å². The van der Waals surface area contributed by atoms with Crippen LogP contribution in [-0.2, 0) is 12.3 Å². The van der Waals surface area contributed by atoms with Gasteiger partial charge in [-0.25, -0.2) is 4.98 Å². The van der Waals surface area contributed by atoms with Gasteiger partial charge in [0.2, 0.25) is 5.89 Å². The van der Waals surface area contributed by atoms with Gasteiger partial charge in [0, 0.05) is 6.54 Å². The summed E-state index contributed by atoms with van der Waals surface area (Å²) in [5.74, 6) is 1.60. The summed E-state index contributed by atoms with van der Waals surface area (Å²) in [5.41, 5.74) is 0.681. The van der Waals surface area contributed by atoms with Crippen LogP contribution in [0.4, 0.5) is 0 Å². The van der Waals surface area contributed by atoms with E-state index >= 15 is 0 Å². The zero-order valence-electron chi connectivity index (χ0n) is 13.9. The van der Waals surface area contributed by atoms with Crippen molar-refractivity contribution in [3.8, 4) is 0 Å². The van der Waals surface area contributed by atoms with E-state index in [0.717, 1.165) is 10.8 Å². The second kappa shape index (κ2) is 6.33. The first-order valence-corrected chi connectivity index (χ1v) is 8.99. The highest BCUT2D eigenvalue weighted by molar-refractivity contribution is 7.98. The Balaban J connectivity index is 1.82. The molecule has 2 heterocycles. The predicted molar refractivity (Wildman–Crippen MR) is 97.8 cm³/mol. The second-order valence-corrected chi connectivity index (χ2v) is 6.63. The molecular formula is C18H16N4O2S. The molecular weight excluding hydrogens is 336 g/mol. The zero-order chi connectivity index (χ0) is 17.4. The number of benzene rings is 2. The average molecular weight is 352 g/mol. The highest BCUT2D eigenvalue weighted by Gasteiger charge is 2.13. The number of hydrogen-bond donors (Lipinski definition) is 0. The number of aromatic nitrogens is 4. The van der Waals surface area contributed by atoms with Gasteiger partial charge < -0.3 is 4.52 Å². The Morgan fingerprint density at radius 3 is 2.60 bits per heavy atom. The summed E-state index contributed by atoms with van der Waals surface area (Å²) in [4.78, 5) is 21.8. The summed E-state index contributed by atoms with van der Waals surface area (Å²) in [7, 11) is 0. The Bertz CT molecular complexity index is 1130. The summed E-state index contributed by atoms with van der Waals surface area (Å²) < 4.78 is 6.82. The van der Waals surface area contributed by atoms with Gasteiger partial charge in [-0.2, -0.15) is 4.98 Å². The molecule has 126 valence electrons. The van der Waals surface area contributed by atoms with Crippen LogP contribution in [-0.4, -0.2) is 19.7 Å². The van der Waals surface area contributed by atoms with E-state index in [1.54, 1.807) is 11.5 Å². The first-order valence-electron chi connectivity index (χ1n) is 8.01. The molecule has 2 aromatic heterocycles. The van der Waals surface area contributed by atoms with Crippen molar-refractivity contribution in [3.05, 3.63) is 58.5 Å². The quantitative estimate of drug-likeness (QED) is 0.318. The number of hydrogen-bond acceptors (Lipinski definition) is 6. The fraction of sp³-hybridized carbons (Fsp3) is 0.222. The SMILES string of the molecule is CCn1c(SCc2nc(C)no2)nc2cc3ccccc3cc2c1=O. The summed E-state index contributed by atoms with van der Waals surface area (Å²) >= 11 is 1.43. The van der Waals surface area contributed by atoms with Crippen molar-refractivity contribution < 1.29 is 4.52 Å². The molecule has 0 radical (unpaired) electrons. The van der Waals surface area contributed by atoms with Crippen LogP contribution in [0.1, 0.15) is 18.6 Å². The van der Waals surface area contributed by atoms with E-state index in [9.17, 15) is 4.79 Å². The first kappa shape index (κ1) is 15.8. The molecule has 0 saturated carbocycles.